The van der Waals surface area contributed by atoms with Crippen molar-refractivity contribution in [2.75, 3.05) is 19.8 Å². The molecule has 0 unspecified atom stereocenters. The quantitative estimate of drug-likeness (QED) is 0.132. The molecule has 10 N–H and O–H groups in total. The maximum absolute atomic E-state index is 11.9. The summed E-state index contributed by atoms with van der Waals surface area (Å²) < 4.78 is 22.2. The molecule has 35 heavy (non-hydrogen) atoms. The Morgan fingerprint density at radius 2 is 1.40 bits per heavy atom. The molecule has 2 heterocycles. The summed E-state index contributed by atoms with van der Waals surface area (Å²) in [5.41, 5.74) is 5.45. The molecule has 0 spiro atoms. The zero-order valence-electron chi connectivity index (χ0n) is 19.1. The predicted octanol–water partition coefficient (Wildman–Crippen LogP) is -5.67. The van der Waals surface area contributed by atoms with Crippen LogP contribution >= 0.6 is 0 Å². The smallest absolute Gasteiger partial charge is 0.322 e. The molecule has 2 amide bonds. The van der Waals surface area contributed by atoms with Gasteiger partial charge in [0.05, 0.1) is 19.8 Å². The molecule has 0 radical (unpaired) electrons. The van der Waals surface area contributed by atoms with E-state index in [0.717, 1.165) is 13.8 Å². The molecule has 202 valence electrons. The largest absolute Gasteiger partial charge is 0.480 e. The van der Waals surface area contributed by atoms with E-state index in [1.807, 2.05) is 0 Å². The SMILES string of the molecule is CC(=O)N[C@H]1[C@@H](O[C@H]2[C@@H](O)[C@@H](CO)O[C@H](OC[C@H](N)C(=O)O)[C@@H]2NC(C)=O)O[C@H](CO)[C@H](O)[C@@H]1O. The first kappa shape index (κ1) is 29.2. The minimum atomic E-state index is -1.65. The van der Waals surface area contributed by atoms with Crippen molar-refractivity contribution in [1.29, 1.82) is 0 Å². The van der Waals surface area contributed by atoms with E-state index in [2.05, 4.69) is 10.6 Å². The predicted molar refractivity (Wildman–Crippen MR) is 111 cm³/mol. The van der Waals surface area contributed by atoms with E-state index in [9.17, 15) is 39.9 Å². The van der Waals surface area contributed by atoms with E-state index >= 15 is 0 Å². The molecular formula is C19H33N3O13. The van der Waals surface area contributed by atoms with Gasteiger partial charge >= 0.3 is 5.97 Å². The van der Waals surface area contributed by atoms with E-state index in [1.54, 1.807) is 0 Å². The van der Waals surface area contributed by atoms with E-state index < -0.39 is 105 Å². The highest BCUT2D eigenvalue weighted by Crippen LogP contribution is 2.30. The minimum Gasteiger partial charge on any atom is -0.480 e. The van der Waals surface area contributed by atoms with Crippen LogP contribution in [0.15, 0.2) is 0 Å². The lowest BCUT2D eigenvalue weighted by molar-refractivity contribution is -0.328. The number of aliphatic hydroxyl groups is 5. The van der Waals surface area contributed by atoms with Crippen LogP contribution in [0.3, 0.4) is 0 Å². The van der Waals surface area contributed by atoms with Gasteiger partial charge in [0.25, 0.3) is 0 Å². The van der Waals surface area contributed by atoms with Crippen LogP contribution in [0.2, 0.25) is 0 Å². The number of amides is 2. The lowest BCUT2D eigenvalue weighted by Crippen LogP contribution is -2.69. The number of aliphatic hydroxyl groups excluding tert-OH is 5. The van der Waals surface area contributed by atoms with Gasteiger partial charge in [-0.15, -0.1) is 0 Å². The number of carbonyl (C=O) groups is 3. The molecule has 16 heteroatoms. The van der Waals surface area contributed by atoms with Gasteiger partial charge < -0.3 is 66.0 Å². The van der Waals surface area contributed by atoms with Gasteiger partial charge in [0, 0.05) is 13.8 Å². The topological polar surface area (TPSA) is 260 Å². The lowest BCUT2D eigenvalue weighted by Gasteiger charge is -2.48. The summed E-state index contributed by atoms with van der Waals surface area (Å²) in [5, 5.41) is 64.4. The third-order valence-corrected chi connectivity index (χ3v) is 5.52. The second-order valence-corrected chi connectivity index (χ2v) is 8.25. The Balaban J connectivity index is 2.37. The Labute approximate surface area is 199 Å². The van der Waals surface area contributed by atoms with Gasteiger partial charge in [-0.3, -0.25) is 14.4 Å². The summed E-state index contributed by atoms with van der Waals surface area (Å²) in [7, 11) is 0. The zero-order chi connectivity index (χ0) is 26.4. The van der Waals surface area contributed by atoms with Crippen LogP contribution in [-0.4, -0.2) is 136 Å². The highest BCUT2D eigenvalue weighted by molar-refractivity contribution is 5.74. The summed E-state index contributed by atoms with van der Waals surface area (Å²) in [4.78, 5) is 34.6. The van der Waals surface area contributed by atoms with Gasteiger partial charge in [-0.2, -0.15) is 0 Å². The van der Waals surface area contributed by atoms with Gasteiger partial charge in [0.1, 0.15) is 54.7 Å². The van der Waals surface area contributed by atoms with E-state index in [4.69, 9.17) is 29.8 Å². The number of hydrogen-bond donors (Lipinski definition) is 9. The highest BCUT2D eigenvalue weighted by atomic mass is 16.7. The third kappa shape index (κ3) is 7.26. The monoisotopic (exact) mass is 511 g/mol. The van der Waals surface area contributed by atoms with Gasteiger partial charge in [0.2, 0.25) is 11.8 Å². The fourth-order valence-electron chi connectivity index (χ4n) is 3.77. The maximum atomic E-state index is 11.9. The normalized spacial score (nSPS) is 38.4. The van der Waals surface area contributed by atoms with Gasteiger partial charge in [0.15, 0.2) is 12.6 Å². The molecule has 2 saturated heterocycles. The summed E-state index contributed by atoms with van der Waals surface area (Å²) in [5.74, 6) is -2.62. The average molecular weight is 511 g/mol. The standard InChI is InChI=1S/C19H33N3O13/c1-6(25)21-11-15(29)13(27)9(3-23)34-19(11)35-16-12(22-7(2)26)18(32-5-8(20)17(30)31)33-10(4-24)14(16)28/h8-16,18-19,23-24,27-29H,3-5,20H2,1-2H3,(H,21,25)(H,22,26)(H,30,31)/t8-,9+,10+,11+,12+,13-,14-,15+,16+,18-,19+/m0/s1. The van der Waals surface area contributed by atoms with E-state index in [-0.39, 0.29) is 0 Å². The molecule has 0 aromatic carbocycles. The first-order valence-electron chi connectivity index (χ1n) is 10.8. The second kappa shape index (κ2) is 12.8. The second-order valence-electron chi connectivity index (χ2n) is 8.25. The lowest BCUT2D eigenvalue weighted by atomic mass is 9.94. The molecule has 0 aliphatic carbocycles. The number of rotatable bonds is 10. The first-order valence-corrected chi connectivity index (χ1v) is 10.8. The number of ether oxygens (including phenoxy) is 4. The first-order chi connectivity index (χ1) is 16.4. The van der Waals surface area contributed by atoms with Crippen LogP contribution in [0.25, 0.3) is 0 Å². The Morgan fingerprint density at radius 3 is 1.91 bits per heavy atom. The number of hydrogen-bond acceptors (Lipinski definition) is 13. The number of nitrogens with two attached hydrogens (primary N) is 1. The van der Waals surface area contributed by atoms with Crippen LogP contribution in [0.4, 0.5) is 0 Å². The molecule has 2 aliphatic rings. The number of aliphatic carboxylic acids is 1. The average Bonchev–Trinajstić information content (AvgIpc) is 2.79. The molecule has 2 aliphatic heterocycles. The number of carboxylic acid groups (broad SMARTS) is 1. The zero-order valence-corrected chi connectivity index (χ0v) is 19.1. The molecule has 11 atom stereocenters. The van der Waals surface area contributed by atoms with Crippen molar-refractivity contribution in [3.63, 3.8) is 0 Å². The minimum absolute atomic E-state index is 0.566. The Kier molecular flexibility index (Phi) is 10.7. The van der Waals surface area contributed by atoms with Crippen LogP contribution in [0, 0.1) is 0 Å². The molecule has 2 rings (SSSR count). The molecular weight excluding hydrogens is 478 g/mol. The van der Waals surface area contributed by atoms with E-state index in [1.165, 1.54) is 0 Å². The summed E-state index contributed by atoms with van der Waals surface area (Å²) in [6, 6.07) is -4.14. The van der Waals surface area contributed by atoms with Crippen molar-refractivity contribution < 1.29 is 64.0 Å². The number of carbonyl (C=O) groups excluding carboxylic acids is 2. The van der Waals surface area contributed by atoms with Crippen molar-refractivity contribution in [2.45, 2.75) is 81.2 Å². The fourth-order valence-corrected chi connectivity index (χ4v) is 3.77. The van der Waals surface area contributed by atoms with Crippen LogP contribution < -0.4 is 16.4 Å². The number of carboxylic acids is 1. The van der Waals surface area contributed by atoms with Crippen LogP contribution in [0.1, 0.15) is 13.8 Å². The van der Waals surface area contributed by atoms with Gasteiger partial charge in [-0.1, -0.05) is 0 Å². The van der Waals surface area contributed by atoms with Crippen molar-refractivity contribution in [2.24, 2.45) is 5.73 Å². The van der Waals surface area contributed by atoms with E-state index in [0.29, 0.717) is 0 Å². The Hall–Kier alpha value is -1.99. The van der Waals surface area contributed by atoms with Crippen molar-refractivity contribution in [1.82, 2.24) is 10.6 Å². The highest BCUT2D eigenvalue weighted by Gasteiger charge is 2.52. The molecule has 0 bridgehead atoms. The summed E-state index contributed by atoms with van der Waals surface area (Å²) in [6.45, 7) is 0.243. The van der Waals surface area contributed by atoms with Crippen molar-refractivity contribution in [3.05, 3.63) is 0 Å². The third-order valence-electron chi connectivity index (χ3n) is 5.52. The molecule has 0 saturated carbocycles. The molecule has 2 fully saturated rings. The van der Waals surface area contributed by atoms with Crippen molar-refractivity contribution >= 4 is 17.8 Å². The maximum Gasteiger partial charge on any atom is 0.322 e. The van der Waals surface area contributed by atoms with Crippen molar-refractivity contribution in [3.8, 4) is 0 Å². The van der Waals surface area contributed by atoms with Gasteiger partial charge in [-0.05, 0) is 0 Å². The summed E-state index contributed by atoms with van der Waals surface area (Å²) >= 11 is 0. The molecule has 0 aromatic rings. The Bertz CT molecular complexity index is 743. The van der Waals surface area contributed by atoms with Gasteiger partial charge in [-0.25, -0.2) is 0 Å². The molecule has 16 nitrogen and oxygen atoms in total. The Morgan fingerprint density at radius 1 is 0.886 bits per heavy atom. The fraction of sp³-hybridized carbons (Fsp3) is 0.842. The number of nitrogens with one attached hydrogen (secondary N) is 2. The van der Waals surface area contributed by atoms with Crippen LogP contribution in [-0.2, 0) is 33.3 Å². The summed E-state index contributed by atoms with van der Waals surface area (Å²) in [6.07, 6.45) is -12.0. The van der Waals surface area contributed by atoms with Crippen LogP contribution in [0.5, 0.6) is 0 Å². The molecule has 0 aromatic heterocycles.